The third kappa shape index (κ3) is 7.28. The van der Waals surface area contributed by atoms with Gasteiger partial charge >= 0.3 is 5.97 Å². The Balaban J connectivity index is 1.10. The molecule has 0 radical (unpaired) electrons. The number of benzene rings is 2. The van der Waals surface area contributed by atoms with E-state index >= 15 is 0 Å². The molecule has 2 saturated carbocycles. The van der Waals surface area contributed by atoms with Crippen LogP contribution in [0.4, 0.5) is 4.39 Å². The average molecular weight is 600 g/mol. The van der Waals surface area contributed by atoms with Crippen LogP contribution in [0.15, 0.2) is 54.6 Å². The molecule has 2 aliphatic carbocycles. The van der Waals surface area contributed by atoms with E-state index in [1.165, 1.54) is 35.7 Å². The van der Waals surface area contributed by atoms with Crippen LogP contribution in [-0.4, -0.2) is 45.4 Å². The van der Waals surface area contributed by atoms with Crippen LogP contribution < -0.4 is 0 Å². The van der Waals surface area contributed by atoms with Crippen LogP contribution in [0.5, 0.6) is 0 Å². The second-order valence-corrected chi connectivity index (χ2v) is 14.3. The minimum absolute atomic E-state index is 0.169. The maximum absolute atomic E-state index is 14.3. The predicted octanol–water partition coefficient (Wildman–Crippen LogP) is 8.25. The normalized spacial score (nSPS) is 23.8. The Morgan fingerprint density at radius 2 is 1.77 bits per heavy atom. The van der Waals surface area contributed by atoms with Gasteiger partial charge in [0.2, 0.25) is 0 Å². The van der Waals surface area contributed by atoms with E-state index in [1.54, 1.807) is 6.07 Å². The number of carboxylic acid groups (broad SMARTS) is 1. The van der Waals surface area contributed by atoms with Crippen molar-refractivity contribution in [3.05, 3.63) is 88.5 Å². The van der Waals surface area contributed by atoms with Crippen molar-refractivity contribution in [3.8, 4) is 0 Å². The summed E-state index contributed by atoms with van der Waals surface area (Å²) in [6.07, 6.45) is 8.01. The summed E-state index contributed by atoms with van der Waals surface area (Å²) in [7, 11) is 0. The molecule has 1 aliphatic heterocycles. The SMILES string of the molecule is CCn1nc(Cc2ccc(C(C)C)cc2)cc1C1CCN(CC2CC(C(CC3CC3)C(=O)O)C[C@@H]2c2cccc(F)c2)CC1. The van der Waals surface area contributed by atoms with E-state index in [0.29, 0.717) is 23.7 Å². The van der Waals surface area contributed by atoms with Gasteiger partial charge in [0.1, 0.15) is 5.82 Å². The molecule has 6 rings (SSSR count). The molecule has 3 aromatic rings. The number of nitrogens with zero attached hydrogens (tertiary/aromatic N) is 3. The third-order valence-electron chi connectivity index (χ3n) is 10.9. The lowest BCUT2D eigenvalue weighted by Gasteiger charge is -2.35. The van der Waals surface area contributed by atoms with E-state index in [0.717, 1.165) is 76.0 Å². The first-order chi connectivity index (χ1) is 21.3. The first-order valence-corrected chi connectivity index (χ1v) is 17.1. The Kier molecular flexibility index (Phi) is 9.56. The fourth-order valence-corrected chi connectivity index (χ4v) is 8.18. The molecule has 4 atom stereocenters. The van der Waals surface area contributed by atoms with Gasteiger partial charge in [0.15, 0.2) is 0 Å². The first-order valence-electron chi connectivity index (χ1n) is 17.1. The highest BCUT2D eigenvalue weighted by Crippen LogP contribution is 2.49. The Hall–Kier alpha value is -2.99. The molecule has 3 fully saturated rings. The second kappa shape index (κ2) is 13.6. The average Bonchev–Trinajstić information content (AvgIpc) is 3.61. The number of rotatable bonds is 12. The van der Waals surface area contributed by atoms with Crippen molar-refractivity contribution in [1.82, 2.24) is 14.7 Å². The zero-order chi connectivity index (χ0) is 30.8. The third-order valence-corrected chi connectivity index (χ3v) is 10.9. The van der Waals surface area contributed by atoms with Crippen molar-refractivity contribution in [1.29, 1.82) is 0 Å². The van der Waals surface area contributed by atoms with E-state index in [2.05, 4.69) is 60.7 Å². The van der Waals surface area contributed by atoms with E-state index in [4.69, 9.17) is 5.10 Å². The van der Waals surface area contributed by atoms with E-state index in [-0.39, 0.29) is 23.6 Å². The number of halogens is 1. The molecule has 3 aliphatic rings. The minimum Gasteiger partial charge on any atom is -0.481 e. The summed E-state index contributed by atoms with van der Waals surface area (Å²) >= 11 is 0. The van der Waals surface area contributed by atoms with Gasteiger partial charge in [-0.1, -0.05) is 63.1 Å². The Bertz CT molecular complexity index is 1400. The highest BCUT2D eigenvalue weighted by molar-refractivity contribution is 5.70. The summed E-state index contributed by atoms with van der Waals surface area (Å²) in [4.78, 5) is 14.9. The maximum atomic E-state index is 14.3. The molecule has 3 unspecified atom stereocenters. The molecule has 1 aromatic heterocycles. The standard InChI is InChI=1S/C38H50FN3O2/c1-4-42-37(23-34(40-42)18-26-10-12-28(13-11-26)25(2)3)29-14-16-41(17-15-29)24-32-20-31(36(38(43)44)19-27-8-9-27)22-35(32)30-6-5-7-33(39)21-30/h5-7,10-13,21,23,25,27,29,31-32,35-36H,4,8-9,14-20,22,24H2,1-3H3,(H,43,44)/t31?,32?,35-,36?/m1/s1. The highest BCUT2D eigenvalue weighted by Gasteiger charge is 2.43. The number of likely N-dealkylation sites (tertiary alicyclic amines) is 1. The molecule has 236 valence electrons. The summed E-state index contributed by atoms with van der Waals surface area (Å²) in [6.45, 7) is 10.6. The van der Waals surface area contributed by atoms with Crippen LogP contribution in [0, 0.1) is 29.5 Å². The number of piperidine rings is 1. The molecule has 5 nitrogen and oxygen atoms in total. The largest absolute Gasteiger partial charge is 0.481 e. The lowest BCUT2D eigenvalue weighted by atomic mass is 9.85. The number of aromatic nitrogens is 2. The van der Waals surface area contributed by atoms with E-state index in [9.17, 15) is 14.3 Å². The highest BCUT2D eigenvalue weighted by atomic mass is 19.1. The molecule has 1 saturated heterocycles. The van der Waals surface area contributed by atoms with Gasteiger partial charge in [-0.25, -0.2) is 4.39 Å². The van der Waals surface area contributed by atoms with Gasteiger partial charge in [-0.3, -0.25) is 9.48 Å². The van der Waals surface area contributed by atoms with Crippen molar-refractivity contribution in [3.63, 3.8) is 0 Å². The molecular weight excluding hydrogens is 549 g/mol. The van der Waals surface area contributed by atoms with Crippen molar-refractivity contribution >= 4 is 5.97 Å². The van der Waals surface area contributed by atoms with E-state index in [1.807, 2.05) is 12.1 Å². The summed E-state index contributed by atoms with van der Waals surface area (Å²) < 4.78 is 16.5. The number of carbonyl (C=O) groups is 1. The zero-order valence-corrected chi connectivity index (χ0v) is 26.8. The van der Waals surface area contributed by atoms with Crippen LogP contribution in [-0.2, 0) is 17.8 Å². The lowest BCUT2D eigenvalue weighted by Crippen LogP contribution is -2.37. The first kappa shape index (κ1) is 31.0. The predicted molar refractivity (Wildman–Crippen MR) is 173 cm³/mol. The van der Waals surface area contributed by atoms with Crippen LogP contribution in [0.1, 0.15) is 112 Å². The van der Waals surface area contributed by atoms with E-state index < -0.39 is 5.97 Å². The number of hydrogen-bond donors (Lipinski definition) is 1. The second-order valence-electron chi connectivity index (χ2n) is 14.3. The molecule has 0 amide bonds. The number of carboxylic acids is 1. The van der Waals surface area contributed by atoms with Crippen LogP contribution in [0.3, 0.4) is 0 Å². The van der Waals surface area contributed by atoms with Gasteiger partial charge in [-0.2, -0.15) is 5.10 Å². The number of aliphatic carboxylic acids is 1. The molecular formula is C38H50FN3O2. The molecule has 0 bridgehead atoms. The number of hydrogen-bond acceptors (Lipinski definition) is 3. The van der Waals surface area contributed by atoms with Gasteiger partial charge in [0, 0.05) is 31.1 Å². The van der Waals surface area contributed by atoms with Crippen molar-refractivity contribution in [2.24, 2.45) is 23.7 Å². The van der Waals surface area contributed by atoms with Gasteiger partial charge in [0.05, 0.1) is 11.6 Å². The summed E-state index contributed by atoms with van der Waals surface area (Å²) in [5.74, 6) is 1.26. The molecule has 6 heteroatoms. The molecule has 2 heterocycles. The van der Waals surface area contributed by atoms with Crippen molar-refractivity contribution in [2.45, 2.75) is 96.4 Å². The monoisotopic (exact) mass is 599 g/mol. The molecule has 1 N–H and O–H groups in total. The summed E-state index contributed by atoms with van der Waals surface area (Å²) in [5.41, 5.74) is 6.23. The van der Waals surface area contributed by atoms with Crippen molar-refractivity contribution < 1.29 is 14.3 Å². The van der Waals surface area contributed by atoms with Crippen LogP contribution in [0.25, 0.3) is 0 Å². The Labute approximate surface area is 262 Å². The topological polar surface area (TPSA) is 58.4 Å². The quantitative estimate of drug-likeness (QED) is 0.228. The van der Waals surface area contributed by atoms with Crippen LogP contribution in [0.2, 0.25) is 0 Å². The minimum atomic E-state index is -0.638. The summed E-state index contributed by atoms with van der Waals surface area (Å²) in [5, 5.41) is 15.1. The van der Waals surface area contributed by atoms with Gasteiger partial charge in [-0.05, 0) is 117 Å². The van der Waals surface area contributed by atoms with Gasteiger partial charge < -0.3 is 10.0 Å². The summed E-state index contributed by atoms with van der Waals surface area (Å²) in [6, 6.07) is 18.4. The Morgan fingerprint density at radius 1 is 1.02 bits per heavy atom. The molecule has 44 heavy (non-hydrogen) atoms. The molecule has 2 aromatic carbocycles. The van der Waals surface area contributed by atoms with Gasteiger partial charge in [0.25, 0.3) is 0 Å². The Morgan fingerprint density at radius 3 is 2.41 bits per heavy atom. The zero-order valence-electron chi connectivity index (χ0n) is 26.8. The van der Waals surface area contributed by atoms with Gasteiger partial charge in [-0.15, -0.1) is 0 Å². The smallest absolute Gasteiger partial charge is 0.306 e. The molecule has 0 spiro atoms. The lowest BCUT2D eigenvalue weighted by molar-refractivity contribution is -0.144. The fraction of sp³-hybridized carbons (Fsp3) is 0.579. The fourth-order valence-electron chi connectivity index (χ4n) is 8.18. The van der Waals surface area contributed by atoms with Crippen LogP contribution >= 0.6 is 0 Å². The number of aryl methyl sites for hydroxylation is 1. The maximum Gasteiger partial charge on any atom is 0.306 e. The van der Waals surface area contributed by atoms with Crippen molar-refractivity contribution in [2.75, 3.05) is 19.6 Å².